The summed E-state index contributed by atoms with van der Waals surface area (Å²) in [6, 6.07) is 11.5. The number of carboxylic acid groups (broad SMARTS) is 2. The van der Waals surface area contributed by atoms with E-state index < -0.39 is 11.9 Å². The van der Waals surface area contributed by atoms with Gasteiger partial charge in [0, 0.05) is 50.6 Å². The van der Waals surface area contributed by atoms with Gasteiger partial charge in [-0.05, 0) is 48.2 Å². The highest BCUT2D eigenvalue weighted by atomic mass is 19.1. The van der Waals surface area contributed by atoms with E-state index >= 15 is 0 Å². The number of amidine groups is 1. The van der Waals surface area contributed by atoms with Crippen LogP contribution in [0.4, 0.5) is 21.5 Å². The summed E-state index contributed by atoms with van der Waals surface area (Å²) in [6.07, 6.45) is 0.365. The Morgan fingerprint density at radius 2 is 1.86 bits per heavy atom. The molecule has 2 heterocycles. The Hall–Kier alpha value is -3.50. The number of benzene rings is 2. The van der Waals surface area contributed by atoms with Gasteiger partial charge < -0.3 is 30.5 Å². The van der Waals surface area contributed by atoms with Gasteiger partial charge in [0.15, 0.2) is 0 Å². The Bertz CT molecular complexity index is 1120. The van der Waals surface area contributed by atoms with Crippen LogP contribution in [-0.4, -0.2) is 72.3 Å². The molecule has 2 aromatic carbocycles. The lowest BCUT2D eigenvalue weighted by Crippen LogP contribution is -2.53. The maximum atomic E-state index is 13.9. The van der Waals surface area contributed by atoms with E-state index in [1.54, 1.807) is 13.2 Å². The van der Waals surface area contributed by atoms with E-state index in [0.717, 1.165) is 55.4 Å². The van der Waals surface area contributed by atoms with Crippen molar-refractivity contribution < 1.29 is 28.9 Å². The molecule has 4 N–H and O–H groups in total. The fourth-order valence-corrected chi connectivity index (χ4v) is 4.17. The zero-order chi connectivity index (χ0) is 26.9. The van der Waals surface area contributed by atoms with Crippen LogP contribution in [0.5, 0.6) is 0 Å². The average Bonchev–Trinajstić information content (AvgIpc) is 3.02. The summed E-state index contributed by atoms with van der Waals surface area (Å²) in [7, 11) is 1.74. The molecule has 0 radical (unpaired) electrons. The third kappa shape index (κ3) is 7.99. The molecule has 200 valence electrons. The first-order valence-electron chi connectivity index (χ1n) is 12.4. The van der Waals surface area contributed by atoms with Crippen LogP contribution in [-0.2, 0) is 14.3 Å². The summed E-state index contributed by atoms with van der Waals surface area (Å²) in [6.45, 7) is 7.76. The second-order valence-corrected chi connectivity index (χ2v) is 9.35. The maximum absolute atomic E-state index is 13.9. The molecule has 0 aromatic heterocycles. The number of nitrogens with zero attached hydrogens (tertiary/aromatic N) is 2. The van der Waals surface area contributed by atoms with Gasteiger partial charge in [0.05, 0.1) is 24.2 Å². The number of fused-ring (bicyclic) bond motifs is 2. The lowest BCUT2D eigenvalue weighted by atomic mass is 9.98. The predicted octanol–water partition coefficient (Wildman–Crippen LogP) is 4.33. The first kappa shape index (κ1) is 28.1. The first-order valence-corrected chi connectivity index (χ1v) is 12.4. The molecule has 0 amide bonds. The third-order valence-electron chi connectivity index (χ3n) is 6.18. The number of anilines is 2. The molecule has 2 aliphatic rings. The molecular formula is C27H35FN4O5. The molecule has 9 nitrogen and oxygen atoms in total. The summed E-state index contributed by atoms with van der Waals surface area (Å²) >= 11 is 0. The second kappa shape index (κ2) is 13.2. The zero-order valence-corrected chi connectivity index (χ0v) is 21.5. The van der Waals surface area contributed by atoms with Gasteiger partial charge in [-0.1, -0.05) is 19.9 Å². The van der Waals surface area contributed by atoms with Gasteiger partial charge in [0.1, 0.15) is 11.7 Å². The van der Waals surface area contributed by atoms with Crippen molar-refractivity contribution in [1.82, 2.24) is 10.2 Å². The number of ether oxygens (including phenoxy) is 1. The Labute approximate surface area is 216 Å². The molecule has 1 saturated heterocycles. The minimum atomic E-state index is -1.08. The van der Waals surface area contributed by atoms with Gasteiger partial charge in [0.25, 0.3) is 0 Å². The Morgan fingerprint density at radius 3 is 2.51 bits per heavy atom. The van der Waals surface area contributed by atoms with Crippen LogP contribution in [0.3, 0.4) is 0 Å². The standard InChI is InChI=1S/C23H29FN4O.C4H6O4/c1-15(2)16-4-6-20-19(12-16)23(27-21-7-5-17(24)13-22(21)26-20)28-10-9-25-18(14-28)8-11-29-3;5-3(6)1-2-4(7)8/h4-7,12-13,15,18,25-26H,8-11,14H2,1-3H3;1-2H2,(H,5,6)(H,7,8)/t18-;/m0./s1. The number of hydrogen-bond donors (Lipinski definition) is 4. The van der Waals surface area contributed by atoms with Crippen molar-refractivity contribution in [2.24, 2.45) is 4.99 Å². The molecule has 0 bridgehead atoms. The van der Waals surface area contributed by atoms with Crippen LogP contribution in [0.2, 0.25) is 0 Å². The van der Waals surface area contributed by atoms with Crippen molar-refractivity contribution in [1.29, 1.82) is 0 Å². The second-order valence-electron chi connectivity index (χ2n) is 9.35. The van der Waals surface area contributed by atoms with E-state index in [1.807, 2.05) is 0 Å². The fourth-order valence-electron chi connectivity index (χ4n) is 4.17. The quantitative estimate of drug-likeness (QED) is 0.431. The van der Waals surface area contributed by atoms with Gasteiger partial charge in [-0.2, -0.15) is 0 Å². The van der Waals surface area contributed by atoms with Crippen LogP contribution in [0, 0.1) is 5.82 Å². The number of nitrogens with one attached hydrogen (secondary N) is 2. The highest BCUT2D eigenvalue weighted by Crippen LogP contribution is 2.36. The number of piperazine rings is 1. The number of carbonyl (C=O) groups is 2. The topological polar surface area (TPSA) is 123 Å². The number of aliphatic imine (C=N–C) groups is 1. The van der Waals surface area contributed by atoms with Gasteiger partial charge in [-0.3, -0.25) is 9.59 Å². The molecule has 10 heteroatoms. The monoisotopic (exact) mass is 514 g/mol. The van der Waals surface area contributed by atoms with Gasteiger partial charge in [0.2, 0.25) is 0 Å². The molecule has 1 fully saturated rings. The van der Waals surface area contributed by atoms with Crippen molar-refractivity contribution in [3.8, 4) is 0 Å². The number of aliphatic carboxylic acids is 2. The average molecular weight is 515 g/mol. The molecule has 0 unspecified atom stereocenters. The minimum Gasteiger partial charge on any atom is -0.481 e. The molecule has 2 aliphatic heterocycles. The Kier molecular flexibility index (Phi) is 9.99. The summed E-state index contributed by atoms with van der Waals surface area (Å²) in [5.41, 5.74) is 4.76. The molecule has 0 saturated carbocycles. The summed E-state index contributed by atoms with van der Waals surface area (Å²) < 4.78 is 19.1. The van der Waals surface area contributed by atoms with Crippen LogP contribution in [0.1, 0.15) is 50.2 Å². The van der Waals surface area contributed by atoms with Crippen LogP contribution in [0.15, 0.2) is 41.4 Å². The Morgan fingerprint density at radius 1 is 1.14 bits per heavy atom. The largest absolute Gasteiger partial charge is 0.481 e. The van der Waals surface area contributed by atoms with Crippen LogP contribution in [0.25, 0.3) is 0 Å². The Balaban J connectivity index is 0.000000414. The molecule has 4 rings (SSSR count). The SMILES string of the molecule is COCC[C@H]1CN(C2=Nc3ccc(F)cc3Nc3ccc(C(C)C)cc32)CCN1.O=C(O)CCC(=O)O. The number of hydrogen-bond acceptors (Lipinski definition) is 7. The highest BCUT2D eigenvalue weighted by Gasteiger charge is 2.27. The van der Waals surface area contributed by atoms with Gasteiger partial charge in [-0.15, -0.1) is 0 Å². The summed E-state index contributed by atoms with van der Waals surface area (Å²) in [4.78, 5) is 26.6. The zero-order valence-electron chi connectivity index (χ0n) is 21.5. The number of carboxylic acids is 2. The molecule has 37 heavy (non-hydrogen) atoms. The van der Waals surface area contributed by atoms with E-state index in [2.05, 4.69) is 47.6 Å². The van der Waals surface area contributed by atoms with Crippen molar-refractivity contribution in [2.75, 3.05) is 38.7 Å². The highest BCUT2D eigenvalue weighted by molar-refractivity contribution is 6.08. The lowest BCUT2D eigenvalue weighted by Gasteiger charge is -2.36. The first-order chi connectivity index (χ1) is 17.7. The van der Waals surface area contributed by atoms with E-state index in [1.165, 1.54) is 17.7 Å². The van der Waals surface area contributed by atoms with Gasteiger partial charge in [-0.25, -0.2) is 9.38 Å². The summed E-state index contributed by atoms with van der Waals surface area (Å²) in [5, 5.41) is 22.8. The molecular weight excluding hydrogens is 479 g/mol. The molecule has 0 aliphatic carbocycles. The van der Waals surface area contributed by atoms with E-state index in [-0.39, 0.29) is 18.7 Å². The third-order valence-corrected chi connectivity index (χ3v) is 6.18. The van der Waals surface area contributed by atoms with Crippen molar-refractivity contribution in [3.63, 3.8) is 0 Å². The predicted molar refractivity (Wildman–Crippen MR) is 141 cm³/mol. The maximum Gasteiger partial charge on any atom is 0.303 e. The van der Waals surface area contributed by atoms with Crippen molar-refractivity contribution in [2.45, 2.75) is 45.1 Å². The normalized spacial score (nSPS) is 16.4. The van der Waals surface area contributed by atoms with E-state index in [0.29, 0.717) is 17.6 Å². The molecule has 0 spiro atoms. The van der Waals surface area contributed by atoms with Crippen LogP contribution < -0.4 is 10.6 Å². The number of methoxy groups -OCH3 is 1. The number of halogens is 1. The fraction of sp³-hybridized carbons (Fsp3) is 0.444. The smallest absolute Gasteiger partial charge is 0.303 e. The van der Waals surface area contributed by atoms with E-state index in [9.17, 15) is 14.0 Å². The van der Waals surface area contributed by atoms with Crippen LogP contribution >= 0.6 is 0 Å². The minimum absolute atomic E-state index is 0.267. The molecule has 2 aromatic rings. The van der Waals surface area contributed by atoms with Crippen molar-refractivity contribution >= 4 is 34.8 Å². The van der Waals surface area contributed by atoms with Gasteiger partial charge >= 0.3 is 11.9 Å². The lowest BCUT2D eigenvalue weighted by molar-refractivity contribution is -0.143. The summed E-state index contributed by atoms with van der Waals surface area (Å²) in [5.74, 6) is -1.05. The number of rotatable bonds is 7. The molecule has 1 atom stereocenters. The van der Waals surface area contributed by atoms with Crippen molar-refractivity contribution in [3.05, 3.63) is 53.3 Å². The van der Waals surface area contributed by atoms with E-state index in [4.69, 9.17) is 19.9 Å².